The third-order valence-electron chi connectivity index (χ3n) is 4.28. The van der Waals surface area contributed by atoms with Crippen molar-refractivity contribution in [3.8, 4) is 11.5 Å². The van der Waals surface area contributed by atoms with Crippen LogP contribution in [0.2, 0.25) is 5.02 Å². The minimum absolute atomic E-state index is 0.0342. The van der Waals surface area contributed by atoms with Crippen molar-refractivity contribution in [1.82, 2.24) is 5.32 Å². The molecule has 2 N–H and O–H groups in total. The number of amides is 2. The predicted octanol–water partition coefficient (Wildman–Crippen LogP) is 2.89. The number of carbonyl (C=O) groups is 3. The van der Waals surface area contributed by atoms with E-state index in [0.717, 1.165) is 4.90 Å². The Hall–Kier alpha value is -3.43. The van der Waals surface area contributed by atoms with E-state index in [1.54, 1.807) is 24.3 Å². The zero-order chi connectivity index (χ0) is 22.0. The molecular formula is C20H15ClN2O6S. The number of ether oxygens (including phenoxy) is 2. The first kappa shape index (κ1) is 21.3. The van der Waals surface area contributed by atoms with Gasteiger partial charge in [0.2, 0.25) is 0 Å². The molecule has 30 heavy (non-hydrogen) atoms. The van der Waals surface area contributed by atoms with Crippen molar-refractivity contribution in [2.24, 2.45) is 0 Å². The quantitative estimate of drug-likeness (QED) is 0.413. The molecule has 0 aliphatic carbocycles. The van der Waals surface area contributed by atoms with Crippen LogP contribution in [0.5, 0.6) is 11.5 Å². The predicted molar refractivity (Wildman–Crippen MR) is 114 cm³/mol. The van der Waals surface area contributed by atoms with Crippen LogP contribution in [0.15, 0.2) is 42.0 Å². The number of rotatable bonds is 5. The van der Waals surface area contributed by atoms with E-state index in [2.05, 4.69) is 5.32 Å². The van der Waals surface area contributed by atoms with Gasteiger partial charge in [-0.2, -0.15) is 0 Å². The number of carboxylic acids is 1. The van der Waals surface area contributed by atoms with Crippen LogP contribution in [0.4, 0.5) is 5.69 Å². The maximum atomic E-state index is 13.1. The van der Waals surface area contributed by atoms with Crippen LogP contribution < -0.4 is 19.7 Å². The highest BCUT2D eigenvalue weighted by atomic mass is 35.5. The molecule has 1 saturated heterocycles. The molecule has 1 aliphatic heterocycles. The molecule has 154 valence electrons. The summed E-state index contributed by atoms with van der Waals surface area (Å²) in [6.07, 6.45) is 1.17. The fourth-order valence-corrected chi connectivity index (χ4v) is 3.33. The van der Waals surface area contributed by atoms with E-state index >= 15 is 0 Å². The first-order chi connectivity index (χ1) is 14.3. The average molecular weight is 447 g/mol. The topological polar surface area (TPSA) is 105 Å². The Bertz CT molecular complexity index is 1100. The van der Waals surface area contributed by atoms with Crippen molar-refractivity contribution in [3.63, 3.8) is 0 Å². The SMILES string of the molecule is COc1ccc(C=C2C(=O)NC(=S)N(c3ccc(Cl)cc3)C2=O)c(C(=O)O)c1OC. The fraction of sp³-hybridized carbons (Fsp3) is 0.100. The number of aromatic carboxylic acids is 1. The number of nitrogens with one attached hydrogen (secondary N) is 1. The monoisotopic (exact) mass is 446 g/mol. The van der Waals surface area contributed by atoms with Crippen molar-refractivity contribution in [2.45, 2.75) is 0 Å². The number of hydrogen-bond acceptors (Lipinski definition) is 6. The summed E-state index contributed by atoms with van der Waals surface area (Å²) >= 11 is 11.0. The summed E-state index contributed by atoms with van der Waals surface area (Å²) in [5, 5.41) is 12.5. The van der Waals surface area contributed by atoms with E-state index in [4.69, 9.17) is 33.3 Å². The van der Waals surface area contributed by atoms with Crippen LogP contribution in [0.25, 0.3) is 6.08 Å². The minimum atomic E-state index is -1.31. The molecule has 0 radical (unpaired) electrons. The van der Waals surface area contributed by atoms with Crippen LogP contribution in [0.3, 0.4) is 0 Å². The number of nitrogens with zero attached hydrogens (tertiary/aromatic N) is 1. The summed E-state index contributed by atoms with van der Waals surface area (Å²) < 4.78 is 10.3. The second kappa shape index (κ2) is 8.52. The zero-order valence-electron chi connectivity index (χ0n) is 15.8. The number of halogens is 1. The molecule has 0 saturated carbocycles. The average Bonchev–Trinajstić information content (AvgIpc) is 2.71. The summed E-state index contributed by atoms with van der Waals surface area (Å²) in [5.41, 5.74) is -0.0713. The number of methoxy groups -OCH3 is 2. The van der Waals surface area contributed by atoms with Gasteiger partial charge in [0, 0.05) is 5.02 Å². The number of carboxylic acid groups (broad SMARTS) is 1. The number of thiocarbonyl (C=S) groups is 1. The summed E-state index contributed by atoms with van der Waals surface area (Å²) in [7, 11) is 2.66. The van der Waals surface area contributed by atoms with Gasteiger partial charge in [-0.05, 0) is 54.2 Å². The van der Waals surface area contributed by atoms with Crippen LogP contribution >= 0.6 is 23.8 Å². The van der Waals surface area contributed by atoms with Crippen molar-refractivity contribution in [1.29, 1.82) is 0 Å². The van der Waals surface area contributed by atoms with Gasteiger partial charge in [0.1, 0.15) is 11.1 Å². The van der Waals surface area contributed by atoms with Gasteiger partial charge in [0.25, 0.3) is 11.8 Å². The molecule has 0 bridgehead atoms. The number of hydrogen-bond donors (Lipinski definition) is 2. The number of carbonyl (C=O) groups excluding carboxylic acids is 2. The molecule has 2 amide bonds. The normalized spacial score (nSPS) is 15.2. The molecule has 2 aromatic rings. The Balaban J connectivity index is 2.13. The molecule has 1 fully saturated rings. The second-order valence-electron chi connectivity index (χ2n) is 6.00. The van der Waals surface area contributed by atoms with Gasteiger partial charge in [0.05, 0.1) is 19.9 Å². The molecule has 3 rings (SSSR count). The second-order valence-corrected chi connectivity index (χ2v) is 6.83. The smallest absolute Gasteiger partial charge is 0.340 e. The van der Waals surface area contributed by atoms with Crippen LogP contribution in [0, 0.1) is 0 Å². The molecule has 0 atom stereocenters. The lowest BCUT2D eigenvalue weighted by Crippen LogP contribution is -2.54. The van der Waals surface area contributed by atoms with Crippen LogP contribution in [0.1, 0.15) is 15.9 Å². The van der Waals surface area contributed by atoms with E-state index in [9.17, 15) is 19.5 Å². The molecule has 1 aliphatic rings. The molecule has 8 nitrogen and oxygen atoms in total. The largest absolute Gasteiger partial charge is 0.493 e. The number of benzene rings is 2. The first-order valence-corrected chi connectivity index (χ1v) is 9.22. The van der Waals surface area contributed by atoms with E-state index in [1.807, 2.05) is 0 Å². The highest BCUT2D eigenvalue weighted by Gasteiger charge is 2.35. The lowest BCUT2D eigenvalue weighted by Gasteiger charge is -2.29. The maximum absolute atomic E-state index is 13.1. The third kappa shape index (κ3) is 3.85. The van der Waals surface area contributed by atoms with Gasteiger partial charge in [0.15, 0.2) is 16.6 Å². The zero-order valence-corrected chi connectivity index (χ0v) is 17.3. The van der Waals surface area contributed by atoms with Crippen LogP contribution in [-0.2, 0) is 9.59 Å². The van der Waals surface area contributed by atoms with Crippen molar-refractivity contribution in [2.75, 3.05) is 19.1 Å². The van der Waals surface area contributed by atoms with Gasteiger partial charge in [-0.3, -0.25) is 19.8 Å². The van der Waals surface area contributed by atoms with Gasteiger partial charge >= 0.3 is 5.97 Å². The Labute approximate surface area is 181 Å². The molecule has 0 unspecified atom stereocenters. The third-order valence-corrected chi connectivity index (χ3v) is 4.81. The Morgan fingerprint density at radius 2 is 1.80 bits per heavy atom. The van der Waals surface area contributed by atoms with Gasteiger partial charge in [-0.15, -0.1) is 0 Å². The highest BCUT2D eigenvalue weighted by molar-refractivity contribution is 7.80. The van der Waals surface area contributed by atoms with Gasteiger partial charge < -0.3 is 14.6 Å². The molecule has 0 aromatic heterocycles. The van der Waals surface area contributed by atoms with Crippen molar-refractivity contribution < 1.29 is 29.0 Å². The first-order valence-electron chi connectivity index (χ1n) is 8.43. The number of anilines is 1. The summed E-state index contributed by atoms with van der Waals surface area (Å²) in [5.74, 6) is -2.61. The van der Waals surface area contributed by atoms with E-state index < -0.39 is 17.8 Å². The summed E-state index contributed by atoms with van der Waals surface area (Å²) in [6.45, 7) is 0. The highest BCUT2D eigenvalue weighted by Crippen LogP contribution is 2.35. The van der Waals surface area contributed by atoms with E-state index in [0.29, 0.717) is 10.7 Å². The van der Waals surface area contributed by atoms with E-state index in [1.165, 1.54) is 32.4 Å². The van der Waals surface area contributed by atoms with E-state index in [-0.39, 0.29) is 33.3 Å². The molecule has 1 heterocycles. The Morgan fingerprint density at radius 3 is 2.37 bits per heavy atom. The van der Waals surface area contributed by atoms with Crippen molar-refractivity contribution in [3.05, 3.63) is 58.1 Å². The minimum Gasteiger partial charge on any atom is -0.493 e. The van der Waals surface area contributed by atoms with Gasteiger partial charge in [-0.25, -0.2) is 4.79 Å². The summed E-state index contributed by atoms with van der Waals surface area (Å²) in [4.78, 5) is 38.5. The summed E-state index contributed by atoms with van der Waals surface area (Å²) in [6, 6.07) is 9.18. The van der Waals surface area contributed by atoms with Gasteiger partial charge in [-0.1, -0.05) is 17.7 Å². The van der Waals surface area contributed by atoms with Crippen LogP contribution in [-0.4, -0.2) is 42.2 Å². The molecule has 10 heteroatoms. The standard InChI is InChI=1S/C20H15ClN2O6S/c1-28-14-8-3-10(15(19(26)27)16(14)29-2)9-13-17(24)22-20(30)23(18(13)25)12-6-4-11(21)5-7-12/h3-9H,1-2H3,(H,26,27)(H,22,24,30). The fourth-order valence-electron chi connectivity index (χ4n) is 2.92. The molecule has 0 spiro atoms. The Morgan fingerprint density at radius 1 is 1.13 bits per heavy atom. The Kier molecular flexibility index (Phi) is 6.04. The molecule has 2 aromatic carbocycles. The molecular weight excluding hydrogens is 432 g/mol. The van der Waals surface area contributed by atoms with Crippen molar-refractivity contribution >= 4 is 58.5 Å². The lowest BCUT2D eigenvalue weighted by molar-refractivity contribution is -0.122. The maximum Gasteiger partial charge on any atom is 0.340 e. The lowest BCUT2D eigenvalue weighted by atomic mass is 10.0.